The van der Waals surface area contributed by atoms with E-state index in [9.17, 15) is 13.2 Å². The topological polar surface area (TPSA) is 67.3 Å². The number of fused-ring (bicyclic) bond motifs is 3. The predicted molar refractivity (Wildman–Crippen MR) is 108 cm³/mol. The molecule has 0 spiro atoms. The molecule has 5 nitrogen and oxygen atoms in total. The Labute approximate surface area is 167 Å². The van der Waals surface area contributed by atoms with E-state index in [-0.39, 0.29) is 18.4 Å². The van der Waals surface area contributed by atoms with Crippen molar-refractivity contribution in [2.24, 2.45) is 0 Å². The van der Waals surface area contributed by atoms with Gasteiger partial charge < -0.3 is 4.90 Å². The lowest BCUT2D eigenvalue weighted by Gasteiger charge is -2.17. The molecule has 2 aliphatic heterocycles. The van der Waals surface area contributed by atoms with Crippen molar-refractivity contribution >= 4 is 27.1 Å². The molecule has 0 saturated carbocycles. The van der Waals surface area contributed by atoms with Crippen molar-refractivity contribution in [3.05, 3.63) is 70.2 Å². The summed E-state index contributed by atoms with van der Waals surface area (Å²) in [7, 11) is -3.44. The van der Waals surface area contributed by atoms with Crippen LogP contribution in [0.15, 0.2) is 58.8 Å². The molecular weight excluding hydrogens is 392 g/mol. The molecular formula is C21H18N2O3S2. The minimum absolute atomic E-state index is 0.185. The number of nitrogens with zero attached hydrogens (tertiary/aromatic N) is 2. The normalized spacial score (nSPS) is 22.1. The molecule has 7 heteroatoms. The van der Waals surface area contributed by atoms with Crippen molar-refractivity contribution in [2.45, 2.75) is 23.0 Å². The summed E-state index contributed by atoms with van der Waals surface area (Å²) in [6.07, 6.45) is 0. The lowest BCUT2D eigenvalue weighted by atomic mass is 9.94. The summed E-state index contributed by atoms with van der Waals surface area (Å²) in [4.78, 5) is 19.1. The number of aromatic nitrogens is 1. The molecule has 2 aromatic carbocycles. The number of hydrogen-bond donors (Lipinski definition) is 0. The van der Waals surface area contributed by atoms with Crippen LogP contribution in [0.4, 0.5) is 0 Å². The Morgan fingerprint density at radius 1 is 1.11 bits per heavy atom. The van der Waals surface area contributed by atoms with Crippen molar-refractivity contribution < 1.29 is 13.2 Å². The van der Waals surface area contributed by atoms with Crippen LogP contribution in [0.25, 0.3) is 11.1 Å². The molecule has 142 valence electrons. The Hall–Kier alpha value is -2.51. The highest BCUT2D eigenvalue weighted by molar-refractivity contribution is 7.92. The Morgan fingerprint density at radius 2 is 1.89 bits per heavy atom. The molecule has 2 unspecified atom stereocenters. The van der Waals surface area contributed by atoms with Crippen molar-refractivity contribution in [1.29, 1.82) is 0 Å². The van der Waals surface area contributed by atoms with Crippen LogP contribution in [0.2, 0.25) is 0 Å². The van der Waals surface area contributed by atoms with Crippen LogP contribution in [0, 0.1) is 6.92 Å². The van der Waals surface area contributed by atoms with Crippen LogP contribution in [0.3, 0.4) is 0 Å². The van der Waals surface area contributed by atoms with E-state index in [0.717, 1.165) is 21.7 Å². The number of likely N-dealkylation sites (tertiary alicyclic amines) is 1. The van der Waals surface area contributed by atoms with Crippen LogP contribution in [0.5, 0.6) is 0 Å². The first kappa shape index (κ1) is 17.6. The molecule has 1 amide bonds. The van der Waals surface area contributed by atoms with E-state index in [1.807, 2.05) is 49.4 Å². The monoisotopic (exact) mass is 410 g/mol. The summed E-state index contributed by atoms with van der Waals surface area (Å²) < 4.78 is 26.1. The third kappa shape index (κ3) is 2.61. The maximum absolute atomic E-state index is 13.1. The zero-order chi connectivity index (χ0) is 19.5. The Bertz CT molecular complexity index is 1190. The van der Waals surface area contributed by atoms with Crippen LogP contribution < -0.4 is 0 Å². The lowest BCUT2D eigenvalue weighted by Crippen LogP contribution is -2.31. The summed E-state index contributed by atoms with van der Waals surface area (Å²) in [5.74, 6) is -0.373. The van der Waals surface area contributed by atoms with Gasteiger partial charge in [-0.15, -0.1) is 11.3 Å². The minimum atomic E-state index is -3.44. The average Bonchev–Trinajstić information content (AvgIpc) is 3.38. The van der Waals surface area contributed by atoms with E-state index in [2.05, 4.69) is 4.98 Å². The van der Waals surface area contributed by atoms with E-state index in [1.165, 1.54) is 11.3 Å². The second kappa shape index (κ2) is 6.25. The molecule has 28 heavy (non-hydrogen) atoms. The second-order valence-electron chi connectivity index (χ2n) is 7.27. The number of benzene rings is 2. The SMILES string of the molecule is Cc1nc(C(=O)N2CC3c4cc(-c5ccccc5)ccc4S(=O)(=O)C3C2)cs1. The zero-order valence-corrected chi connectivity index (χ0v) is 16.8. The van der Waals surface area contributed by atoms with Gasteiger partial charge in [0.2, 0.25) is 0 Å². The van der Waals surface area contributed by atoms with E-state index in [0.29, 0.717) is 17.1 Å². The molecule has 0 aliphatic carbocycles. The smallest absolute Gasteiger partial charge is 0.273 e. The zero-order valence-electron chi connectivity index (χ0n) is 15.2. The van der Waals surface area contributed by atoms with Crippen molar-refractivity contribution in [3.8, 4) is 11.1 Å². The molecule has 0 bridgehead atoms. The third-order valence-electron chi connectivity index (χ3n) is 5.61. The van der Waals surface area contributed by atoms with Gasteiger partial charge >= 0.3 is 0 Å². The lowest BCUT2D eigenvalue weighted by molar-refractivity contribution is 0.0785. The molecule has 2 aliphatic rings. The molecule has 3 aromatic rings. The van der Waals surface area contributed by atoms with Crippen molar-refractivity contribution in [1.82, 2.24) is 9.88 Å². The first-order valence-corrected chi connectivity index (χ1v) is 11.5. The van der Waals surface area contributed by atoms with E-state index >= 15 is 0 Å². The fraction of sp³-hybridized carbons (Fsp3) is 0.238. The van der Waals surface area contributed by atoms with Gasteiger partial charge in [-0.05, 0) is 35.7 Å². The third-order valence-corrected chi connectivity index (χ3v) is 8.65. The highest BCUT2D eigenvalue weighted by atomic mass is 32.2. The van der Waals surface area contributed by atoms with Gasteiger partial charge in [0, 0.05) is 24.4 Å². The number of rotatable bonds is 2. The molecule has 3 heterocycles. The molecule has 0 N–H and O–H groups in total. The van der Waals surface area contributed by atoms with Crippen molar-refractivity contribution in [2.75, 3.05) is 13.1 Å². The summed E-state index contributed by atoms with van der Waals surface area (Å²) in [6.45, 7) is 2.48. The second-order valence-corrected chi connectivity index (χ2v) is 10.5. The van der Waals surface area contributed by atoms with Crippen LogP contribution in [-0.2, 0) is 9.84 Å². The molecule has 5 rings (SSSR count). The summed E-state index contributed by atoms with van der Waals surface area (Å²) >= 11 is 1.42. The molecule has 2 atom stereocenters. The molecule has 0 radical (unpaired) electrons. The van der Waals surface area contributed by atoms with Gasteiger partial charge in [0.1, 0.15) is 5.69 Å². The Kier molecular flexibility index (Phi) is 3.93. The number of carbonyl (C=O) groups is 1. The summed E-state index contributed by atoms with van der Waals surface area (Å²) in [5.41, 5.74) is 3.28. The minimum Gasteiger partial charge on any atom is -0.335 e. The maximum Gasteiger partial charge on any atom is 0.273 e. The average molecular weight is 411 g/mol. The Balaban J connectivity index is 1.52. The number of sulfone groups is 1. The molecule has 1 fully saturated rings. The highest BCUT2D eigenvalue weighted by Crippen LogP contribution is 2.46. The van der Waals surface area contributed by atoms with Gasteiger partial charge in [-0.1, -0.05) is 36.4 Å². The Morgan fingerprint density at radius 3 is 2.61 bits per heavy atom. The quantitative estimate of drug-likeness (QED) is 0.648. The summed E-state index contributed by atoms with van der Waals surface area (Å²) in [6, 6.07) is 15.5. The van der Waals surface area contributed by atoms with Gasteiger partial charge in [-0.3, -0.25) is 4.79 Å². The number of hydrogen-bond acceptors (Lipinski definition) is 5. The first-order valence-electron chi connectivity index (χ1n) is 9.10. The van der Waals surface area contributed by atoms with Gasteiger partial charge in [0.15, 0.2) is 9.84 Å². The molecule has 1 saturated heterocycles. The first-order chi connectivity index (χ1) is 13.4. The van der Waals surface area contributed by atoms with E-state index in [1.54, 1.807) is 16.3 Å². The standard InChI is InChI=1S/C21H18N2O3S2/c1-13-22-18(12-27-13)21(24)23-10-17-16-9-15(14-5-3-2-4-6-14)7-8-19(16)28(25,26)20(17)11-23/h2-9,12,17,20H,10-11H2,1H3. The number of carbonyl (C=O) groups excluding carboxylic acids is 1. The van der Waals surface area contributed by atoms with Crippen LogP contribution >= 0.6 is 11.3 Å². The predicted octanol–water partition coefficient (Wildman–Crippen LogP) is 3.51. The van der Waals surface area contributed by atoms with Crippen molar-refractivity contribution in [3.63, 3.8) is 0 Å². The van der Waals surface area contributed by atoms with Gasteiger partial charge in [-0.25, -0.2) is 13.4 Å². The highest BCUT2D eigenvalue weighted by Gasteiger charge is 2.51. The number of amides is 1. The molecule has 1 aromatic heterocycles. The van der Waals surface area contributed by atoms with Gasteiger partial charge in [0.25, 0.3) is 5.91 Å². The van der Waals surface area contributed by atoms with Crippen LogP contribution in [0.1, 0.15) is 27.0 Å². The fourth-order valence-corrected chi connectivity index (χ4v) is 7.00. The number of thiazole rings is 1. The number of aryl methyl sites for hydroxylation is 1. The fourth-order valence-electron chi connectivity index (χ4n) is 4.25. The van der Waals surface area contributed by atoms with Gasteiger partial charge in [0.05, 0.1) is 15.2 Å². The van der Waals surface area contributed by atoms with Gasteiger partial charge in [-0.2, -0.15) is 0 Å². The summed E-state index contributed by atoms with van der Waals surface area (Å²) in [5, 5.41) is 1.99. The largest absolute Gasteiger partial charge is 0.335 e. The van der Waals surface area contributed by atoms with E-state index in [4.69, 9.17) is 0 Å². The van der Waals surface area contributed by atoms with E-state index < -0.39 is 15.1 Å². The maximum atomic E-state index is 13.1. The van der Waals surface area contributed by atoms with Crippen LogP contribution in [-0.4, -0.2) is 42.5 Å².